The van der Waals surface area contributed by atoms with Crippen LogP contribution in [0.4, 0.5) is 15.9 Å². The van der Waals surface area contributed by atoms with Crippen molar-refractivity contribution in [2.75, 3.05) is 10.6 Å². The maximum absolute atomic E-state index is 13.2. The van der Waals surface area contributed by atoms with Gasteiger partial charge in [-0.2, -0.15) is 5.10 Å². The molecule has 23 heavy (non-hydrogen) atoms. The topological polar surface area (TPSA) is 41.9 Å². The quantitative estimate of drug-likeness (QED) is 0.714. The molecule has 0 atom stereocenters. The summed E-state index contributed by atoms with van der Waals surface area (Å²) in [5, 5.41) is 10.9. The molecule has 0 spiro atoms. The Labute approximate surface area is 139 Å². The highest BCUT2D eigenvalue weighted by atomic mass is 32.1. The number of benzene rings is 2. The number of nitrogens with one attached hydrogen (secondary N) is 2. The first kappa shape index (κ1) is 15.2. The zero-order valence-electron chi connectivity index (χ0n) is 12.2. The van der Waals surface area contributed by atoms with Gasteiger partial charge in [0, 0.05) is 18.0 Å². The van der Waals surface area contributed by atoms with Crippen LogP contribution in [0.5, 0.6) is 0 Å². The molecule has 0 aliphatic rings. The average molecular weight is 326 g/mol. The Morgan fingerprint density at radius 2 is 1.87 bits per heavy atom. The lowest BCUT2D eigenvalue weighted by Crippen LogP contribution is -2.19. The molecule has 6 heteroatoms. The summed E-state index contributed by atoms with van der Waals surface area (Å²) in [6, 6.07) is 17.9. The molecule has 0 saturated carbocycles. The van der Waals surface area contributed by atoms with Crippen molar-refractivity contribution in [2.45, 2.75) is 6.54 Å². The maximum atomic E-state index is 13.2. The van der Waals surface area contributed by atoms with Gasteiger partial charge in [-0.05, 0) is 42.0 Å². The fourth-order valence-electron chi connectivity index (χ4n) is 2.14. The molecule has 0 saturated heterocycles. The Bertz CT molecular complexity index is 801. The second-order valence-electron chi connectivity index (χ2n) is 4.97. The van der Waals surface area contributed by atoms with Gasteiger partial charge in [-0.15, -0.1) is 0 Å². The predicted octanol–water partition coefficient (Wildman–Crippen LogP) is 3.88. The van der Waals surface area contributed by atoms with Gasteiger partial charge in [0.05, 0.1) is 6.54 Å². The van der Waals surface area contributed by atoms with Crippen LogP contribution < -0.4 is 10.6 Å². The molecule has 0 bridgehead atoms. The lowest BCUT2D eigenvalue weighted by atomic mass is 10.2. The van der Waals surface area contributed by atoms with Crippen molar-refractivity contribution in [1.82, 2.24) is 9.78 Å². The van der Waals surface area contributed by atoms with E-state index in [0.717, 1.165) is 11.3 Å². The number of anilines is 2. The molecule has 0 radical (unpaired) electrons. The molecule has 1 aromatic heterocycles. The van der Waals surface area contributed by atoms with Gasteiger partial charge in [-0.25, -0.2) is 4.39 Å². The Morgan fingerprint density at radius 3 is 2.65 bits per heavy atom. The predicted molar refractivity (Wildman–Crippen MR) is 94.0 cm³/mol. The standard InChI is InChI=1S/C17H15FN4S/c18-14-6-4-5-13(11-14)12-22-10-9-16(21-22)20-17(23)19-15-7-2-1-3-8-15/h1-11H,12H2,(H2,19,20,21,23). The second-order valence-corrected chi connectivity index (χ2v) is 5.38. The summed E-state index contributed by atoms with van der Waals surface area (Å²) in [4.78, 5) is 0. The van der Waals surface area contributed by atoms with E-state index >= 15 is 0 Å². The van der Waals surface area contributed by atoms with Gasteiger partial charge in [0.25, 0.3) is 0 Å². The third-order valence-corrected chi connectivity index (χ3v) is 3.35. The van der Waals surface area contributed by atoms with Crippen LogP contribution in [0.3, 0.4) is 0 Å². The van der Waals surface area contributed by atoms with Crippen molar-refractivity contribution >= 4 is 28.8 Å². The fraction of sp³-hybridized carbons (Fsp3) is 0.0588. The van der Waals surface area contributed by atoms with Crippen LogP contribution in [-0.2, 0) is 6.54 Å². The van der Waals surface area contributed by atoms with Gasteiger partial charge >= 0.3 is 0 Å². The van der Waals surface area contributed by atoms with Crippen LogP contribution in [0.2, 0.25) is 0 Å². The van der Waals surface area contributed by atoms with Gasteiger partial charge in [0.2, 0.25) is 0 Å². The van der Waals surface area contributed by atoms with Gasteiger partial charge in [0.1, 0.15) is 5.82 Å². The molecular formula is C17H15FN4S. The minimum Gasteiger partial charge on any atom is -0.332 e. The summed E-state index contributed by atoms with van der Waals surface area (Å²) in [7, 11) is 0. The van der Waals surface area contributed by atoms with Crippen LogP contribution in [0, 0.1) is 5.82 Å². The monoisotopic (exact) mass is 326 g/mol. The number of para-hydroxylation sites is 1. The van der Waals surface area contributed by atoms with E-state index in [0.29, 0.717) is 17.5 Å². The number of hydrogen-bond acceptors (Lipinski definition) is 2. The molecule has 3 rings (SSSR count). The third-order valence-electron chi connectivity index (χ3n) is 3.15. The van der Waals surface area contributed by atoms with Gasteiger partial charge in [-0.3, -0.25) is 4.68 Å². The van der Waals surface area contributed by atoms with Crippen LogP contribution in [-0.4, -0.2) is 14.9 Å². The highest BCUT2D eigenvalue weighted by Gasteiger charge is 2.03. The molecule has 3 aromatic rings. The average Bonchev–Trinajstić information content (AvgIpc) is 2.95. The SMILES string of the molecule is Fc1cccc(Cn2ccc(NC(=S)Nc3ccccc3)n2)c1. The number of halogens is 1. The van der Waals surface area contributed by atoms with E-state index in [1.54, 1.807) is 10.7 Å². The first-order valence-corrected chi connectivity index (χ1v) is 7.51. The van der Waals surface area contributed by atoms with E-state index in [1.165, 1.54) is 12.1 Å². The van der Waals surface area contributed by atoms with Crippen LogP contribution in [0.15, 0.2) is 66.9 Å². The molecule has 116 valence electrons. The van der Waals surface area contributed by atoms with E-state index in [-0.39, 0.29) is 5.82 Å². The Hall–Kier alpha value is -2.73. The number of aromatic nitrogens is 2. The number of nitrogens with zero attached hydrogens (tertiary/aromatic N) is 2. The largest absolute Gasteiger partial charge is 0.332 e. The van der Waals surface area contributed by atoms with Crippen LogP contribution in [0.1, 0.15) is 5.56 Å². The van der Waals surface area contributed by atoms with Gasteiger partial charge in [0.15, 0.2) is 10.9 Å². The van der Waals surface area contributed by atoms with E-state index < -0.39 is 0 Å². The molecule has 2 N–H and O–H groups in total. The maximum Gasteiger partial charge on any atom is 0.176 e. The van der Waals surface area contributed by atoms with Crippen molar-refractivity contribution in [3.63, 3.8) is 0 Å². The molecule has 0 unspecified atom stereocenters. The summed E-state index contributed by atoms with van der Waals surface area (Å²) in [5.41, 5.74) is 1.76. The van der Waals surface area contributed by atoms with Crippen LogP contribution in [0.25, 0.3) is 0 Å². The van der Waals surface area contributed by atoms with Crippen molar-refractivity contribution in [3.05, 3.63) is 78.2 Å². The summed E-state index contributed by atoms with van der Waals surface area (Å²) in [5.74, 6) is 0.385. The minimum atomic E-state index is -0.249. The fourth-order valence-corrected chi connectivity index (χ4v) is 2.36. The molecule has 0 aliphatic carbocycles. The number of hydrogen-bond donors (Lipinski definition) is 2. The summed E-state index contributed by atoms with van der Waals surface area (Å²) in [6.07, 6.45) is 1.82. The van der Waals surface area contributed by atoms with Crippen molar-refractivity contribution < 1.29 is 4.39 Å². The molecular weight excluding hydrogens is 311 g/mol. The van der Waals surface area contributed by atoms with E-state index in [1.807, 2.05) is 48.7 Å². The van der Waals surface area contributed by atoms with Gasteiger partial charge in [-0.1, -0.05) is 30.3 Å². The first-order valence-electron chi connectivity index (χ1n) is 7.10. The highest BCUT2D eigenvalue weighted by molar-refractivity contribution is 7.80. The molecule has 0 amide bonds. The van der Waals surface area contributed by atoms with Crippen LogP contribution >= 0.6 is 12.2 Å². The molecule has 0 fully saturated rings. The lowest BCUT2D eigenvalue weighted by molar-refractivity contribution is 0.619. The minimum absolute atomic E-state index is 0.249. The molecule has 1 heterocycles. The Morgan fingerprint density at radius 1 is 1.04 bits per heavy atom. The zero-order valence-corrected chi connectivity index (χ0v) is 13.1. The van der Waals surface area contributed by atoms with E-state index in [4.69, 9.17) is 12.2 Å². The Kier molecular flexibility index (Phi) is 4.63. The summed E-state index contributed by atoms with van der Waals surface area (Å²) < 4.78 is 14.9. The normalized spacial score (nSPS) is 10.3. The zero-order chi connectivity index (χ0) is 16.1. The summed E-state index contributed by atoms with van der Waals surface area (Å²) >= 11 is 5.25. The van der Waals surface area contributed by atoms with Crippen molar-refractivity contribution in [3.8, 4) is 0 Å². The van der Waals surface area contributed by atoms with Crippen molar-refractivity contribution in [1.29, 1.82) is 0 Å². The van der Waals surface area contributed by atoms with E-state index in [9.17, 15) is 4.39 Å². The van der Waals surface area contributed by atoms with E-state index in [2.05, 4.69) is 15.7 Å². The summed E-state index contributed by atoms with van der Waals surface area (Å²) in [6.45, 7) is 0.498. The lowest BCUT2D eigenvalue weighted by Gasteiger charge is -2.08. The number of thiocarbonyl (C=S) groups is 1. The first-order chi connectivity index (χ1) is 11.2. The smallest absolute Gasteiger partial charge is 0.176 e. The molecule has 2 aromatic carbocycles. The second kappa shape index (κ2) is 7.02. The van der Waals surface area contributed by atoms with Crippen molar-refractivity contribution in [2.24, 2.45) is 0 Å². The number of rotatable bonds is 4. The Balaban J connectivity index is 1.60. The highest BCUT2D eigenvalue weighted by Crippen LogP contribution is 2.10. The molecule has 4 nitrogen and oxygen atoms in total. The molecule has 0 aliphatic heterocycles. The van der Waals surface area contributed by atoms with Gasteiger partial charge < -0.3 is 10.6 Å². The third kappa shape index (κ3) is 4.37.